The summed E-state index contributed by atoms with van der Waals surface area (Å²) in [7, 11) is -4.34. The van der Waals surface area contributed by atoms with Crippen LogP contribution in [0.2, 0.25) is 0 Å². The zero-order valence-corrected chi connectivity index (χ0v) is 27.7. The van der Waals surface area contributed by atoms with Crippen molar-refractivity contribution in [2.45, 2.75) is 89.0 Å². The Morgan fingerprint density at radius 1 is 1.09 bits per heavy atom. The largest absolute Gasteiger partial charge is 0.477 e. The van der Waals surface area contributed by atoms with Gasteiger partial charge in [-0.3, -0.25) is 4.79 Å². The number of amides is 1. The molecule has 3 aliphatic rings. The summed E-state index contributed by atoms with van der Waals surface area (Å²) in [6, 6.07) is 9.28. The second kappa shape index (κ2) is 12.0. The van der Waals surface area contributed by atoms with Crippen LogP contribution in [0.1, 0.15) is 76.6 Å². The molecule has 1 aliphatic carbocycles. The van der Waals surface area contributed by atoms with E-state index in [0.29, 0.717) is 24.0 Å². The van der Waals surface area contributed by atoms with Gasteiger partial charge in [0.05, 0.1) is 17.6 Å². The monoisotopic (exact) mass is 675 g/mol. The summed E-state index contributed by atoms with van der Waals surface area (Å²) < 4.78 is 75.9. The highest BCUT2D eigenvalue weighted by atomic mass is 32.2. The summed E-state index contributed by atoms with van der Waals surface area (Å²) in [5, 5.41) is 7.49. The van der Waals surface area contributed by atoms with Gasteiger partial charge < -0.3 is 15.0 Å². The highest BCUT2D eigenvalue weighted by Crippen LogP contribution is 2.59. The van der Waals surface area contributed by atoms with Crippen LogP contribution in [0.15, 0.2) is 47.6 Å². The highest BCUT2D eigenvalue weighted by molar-refractivity contribution is 7.90. The van der Waals surface area contributed by atoms with Crippen LogP contribution >= 0.6 is 0 Å². The molecule has 1 unspecified atom stereocenters. The van der Waals surface area contributed by atoms with Crippen molar-refractivity contribution in [2.75, 3.05) is 23.4 Å². The number of carbonyl (C=O) groups excluding carboxylic acids is 1. The quantitative estimate of drug-likeness (QED) is 0.337. The average Bonchev–Trinajstić information content (AvgIpc) is 3.54. The Labute approximate surface area is 272 Å². The number of pyridine rings is 2. The first-order valence-electron chi connectivity index (χ1n) is 15.9. The second-order valence-corrected chi connectivity index (χ2v) is 15.5. The third-order valence-electron chi connectivity index (χ3n) is 9.66. The van der Waals surface area contributed by atoms with Crippen LogP contribution in [0.5, 0.6) is 5.88 Å². The number of anilines is 2. The first-order chi connectivity index (χ1) is 22.1. The van der Waals surface area contributed by atoms with Crippen molar-refractivity contribution in [2.24, 2.45) is 17.3 Å². The number of halogens is 3. The number of hydrogen-bond acceptors (Lipinski definition) is 9. The van der Waals surface area contributed by atoms with Gasteiger partial charge in [0.15, 0.2) is 10.8 Å². The van der Waals surface area contributed by atoms with Gasteiger partial charge in [-0.2, -0.15) is 21.6 Å². The number of alkyl halides is 3. The zero-order valence-electron chi connectivity index (χ0n) is 26.8. The summed E-state index contributed by atoms with van der Waals surface area (Å²) in [6.45, 7) is 8.83. The minimum absolute atomic E-state index is 0.0499. The number of rotatable bonds is 6. The van der Waals surface area contributed by atoms with Crippen molar-refractivity contribution < 1.29 is 31.1 Å². The molecule has 2 fully saturated rings. The lowest BCUT2D eigenvalue weighted by Crippen LogP contribution is -2.41. The van der Waals surface area contributed by atoms with Crippen molar-refractivity contribution in [1.82, 2.24) is 24.5 Å². The van der Waals surface area contributed by atoms with Gasteiger partial charge in [-0.1, -0.05) is 19.9 Å². The van der Waals surface area contributed by atoms with E-state index in [1.54, 1.807) is 24.4 Å². The highest BCUT2D eigenvalue weighted by Gasteiger charge is 2.62. The Hall–Kier alpha value is -3.88. The standard InChI is InChI=1S/C32H40F3N7O4S/c1-20(2)23-10-8-21-18-30(3,4)41(19-21)28-22(29(43)40-47(44,45)27-7-5-6-24(36-23)37-27)9-11-25(38-28)42-16-12-26(39-42)46-17-15-31(13-14-31)32(33,34)35/h5-7,9,11-12,16,20-21,23H,8,10,13-15,17-19H2,1-4H3,(H,36,37)(H,40,43)/t21-,23?/m0/s1. The minimum Gasteiger partial charge on any atom is -0.477 e. The van der Waals surface area contributed by atoms with Crippen molar-refractivity contribution in [3.8, 4) is 11.7 Å². The number of carbonyl (C=O) groups is 1. The van der Waals surface area contributed by atoms with E-state index in [0.717, 1.165) is 19.3 Å². The Morgan fingerprint density at radius 2 is 1.85 bits per heavy atom. The number of aromatic nitrogens is 4. The maximum absolute atomic E-state index is 13.7. The summed E-state index contributed by atoms with van der Waals surface area (Å²) >= 11 is 0. The van der Waals surface area contributed by atoms with Gasteiger partial charge in [-0.15, -0.1) is 5.10 Å². The lowest BCUT2D eigenvalue weighted by molar-refractivity contribution is -0.190. The smallest absolute Gasteiger partial charge is 0.394 e. The molecule has 5 heterocycles. The number of hydrogen-bond donors (Lipinski definition) is 2. The summed E-state index contributed by atoms with van der Waals surface area (Å²) in [5.74, 6) is 0.884. The van der Waals surface area contributed by atoms with E-state index < -0.39 is 33.1 Å². The first kappa shape index (κ1) is 33.0. The van der Waals surface area contributed by atoms with Gasteiger partial charge in [-0.05, 0) is 88.5 Å². The molecule has 11 nitrogen and oxygen atoms in total. The summed E-state index contributed by atoms with van der Waals surface area (Å²) in [4.78, 5) is 24.9. The van der Waals surface area contributed by atoms with Gasteiger partial charge in [0, 0.05) is 30.4 Å². The summed E-state index contributed by atoms with van der Waals surface area (Å²) in [5.41, 5.74) is -2.01. The summed E-state index contributed by atoms with van der Waals surface area (Å²) in [6.07, 6.45) is -0.0501. The molecule has 2 aliphatic heterocycles. The van der Waals surface area contributed by atoms with Crippen LogP contribution < -0.4 is 19.7 Å². The topological polar surface area (TPSA) is 131 Å². The molecule has 3 aromatic rings. The molecular formula is C32H40F3N7O4S. The lowest BCUT2D eigenvalue weighted by Gasteiger charge is -2.34. The van der Waals surface area contributed by atoms with Crippen LogP contribution in [0.3, 0.4) is 0 Å². The number of sulfonamides is 1. The molecule has 2 N–H and O–H groups in total. The normalized spacial score (nSPS) is 23.2. The van der Waals surface area contributed by atoms with Crippen LogP contribution in [-0.4, -0.2) is 65.0 Å². The van der Waals surface area contributed by atoms with Gasteiger partial charge in [0.25, 0.3) is 15.9 Å². The molecule has 0 aromatic carbocycles. The van der Waals surface area contributed by atoms with E-state index in [9.17, 15) is 26.4 Å². The number of ether oxygens (including phenoxy) is 1. The molecule has 0 spiro atoms. The van der Waals surface area contributed by atoms with Gasteiger partial charge in [0.2, 0.25) is 5.88 Å². The van der Waals surface area contributed by atoms with Crippen molar-refractivity contribution in [1.29, 1.82) is 0 Å². The minimum atomic E-state index is -4.34. The Morgan fingerprint density at radius 3 is 2.55 bits per heavy atom. The van der Waals surface area contributed by atoms with Crippen LogP contribution in [0, 0.1) is 17.3 Å². The van der Waals surface area contributed by atoms with Crippen molar-refractivity contribution in [3.05, 3.63) is 48.2 Å². The molecule has 1 saturated heterocycles. The molecule has 1 amide bonds. The lowest BCUT2D eigenvalue weighted by atomic mass is 9.89. The van der Waals surface area contributed by atoms with Crippen molar-refractivity contribution in [3.63, 3.8) is 0 Å². The molecule has 0 radical (unpaired) electrons. The van der Waals surface area contributed by atoms with Gasteiger partial charge in [0.1, 0.15) is 11.6 Å². The maximum Gasteiger partial charge on any atom is 0.394 e. The van der Waals surface area contributed by atoms with Crippen LogP contribution in [0.4, 0.5) is 24.8 Å². The molecule has 4 bridgehead atoms. The zero-order chi connectivity index (χ0) is 33.8. The molecule has 3 aromatic heterocycles. The van der Waals surface area contributed by atoms with Gasteiger partial charge in [-0.25, -0.2) is 19.4 Å². The van der Waals surface area contributed by atoms with Crippen LogP contribution in [-0.2, 0) is 10.0 Å². The first-order valence-corrected chi connectivity index (χ1v) is 17.4. The van der Waals surface area contributed by atoms with E-state index in [-0.39, 0.29) is 60.2 Å². The average molecular weight is 676 g/mol. The molecule has 47 heavy (non-hydrogen) atoms. The Kier molecular flexibility index (Phi) is 8.42. The van der Waals surface area contributed by atoms with E-state index in [1.807, 2.05) is 4.90 Å². The molecule has 6 rings (SSSR count). The third-order valence-corrected chi connectivity index (χ3v) is 10.9. The van der Waals surface area contributed by atoms with E-state index in [2.05, 4.69) is 47.8 Å². The maximum atomic E-state index is 13.7. The molecule has 2 atom stereocenters. The fraction of sp³-hybridized carbons (Fsp3) is 0.562. The number of fused-ring (bicyclic) bond motifs is 6. The fourth-order valence-corrected chi connectivity index (χ4v) is 7.58. The predicted octanol–water partition coefficient (Wildman–Crippen LogP) is 5.73. The van der Waals surface area contributed by atoms with Crippen LogP contribution in [0.25, 0.3) is 5.82 Å². The van der Waals surface area contributed by atoms with E-state index in [1.165, 1.54) is 22.9 Å². The van der Waals surface area contributed by atoms with Gasteiger partial charge >= 0.3 is 6.18 Å². The molecular weight excluding hydrogens is 635 g/mol. The molecule has 15 heteroatoms. The van der Waals surface area contributed by atoms with Crippen molar-refractivity contribution >= 4 is 27.6 Å². The Balaban J connectivity index is 1.32. The predicted molar refractivity (Wildman–Crippen MR) is 169 cm³/mol. The SMILES string of the molecule is CC(C)C1CC[C@@H]2CN(c3nc(-n4ccc(OCCC5(C(F)(F)F)CC5)n4)ccc3C(=O)NS(=O)(=O)c3cccc(n3)N1)C(C)(C)C2. The second-order valence-electron chi connectivity index (χ2n) is 13.9. The number of nitrogens with one attached hydrogen (secondary N) is 2. The van der Waals surface area contributed by atoms with E-state index >= 15 is 0 Å². The Bertz CT molecular complexity index is 1750. The van der Waals surface area contributed by atoms with E-state index in [4.69, 9.17) is 9.72 Å². The molecule has 1 saturated carbocycles. The fourth-order valence-electron chi connectivity index (χ4n) is 6.64. The number of nitrogens with zero attached hydrogens (tertiary/aromatic N) is 5. The molecule has 254 valence electrons. The third kappa shape index (κ3) is 6.76.